The summed E-state index contributed by atoms with van der Waals surface area (Å²) in [5.41, 5.74) is 5.42. The summed E-state index contributed by atoms with van der Waals surface area (Å²) in [6.07, 6.45) is 0.893. The summed E-state index contributed by atoms with van der Waals surface area (Å²) in [5, 5.41) is 0. The Morgan fingerprint density at radius 3 is 2.82 bits per heavy atom. The average Bonchev–Trinajstić information content (AvgIpc) is 2.30. The molecule has 2 N–H and O–H groups in total. The fourth-order valence-corrected chi connectivity index (χ4v) is 0.791. The number of imidazole rings is 1. The minimum Gasteiger partial charge on any atom is -0.452 e. The molecule has 5 nitrogen and oxygen atoms in total. The van der Waals surface area contributed by atoms with Crippen LogP contribution >= 0.6 is 0 Å². The molecule has 1 heterocycles. The van der Waals surface area contributed by atoms with Crippen molar-refractivity contribution in [1.82, 2.24) is 9.55 Å². The molecule has 0 unspecified atom stereocenters. The Balaban J connectivity index is 3.10. The van der Waals surface area contributed by atoms with Gasteiger partial charge >= 0.3 is 6.09 Å². The summed E-state index contributed by atoms with van der Waals surface area (Å²) in [5.74, 6) is 0.809. The second kappa shape index (κ2) is 2.61. The van der Waals surface area contributed by atoms with E-state index in [4.69, 9.17) is 5.73 Å². The molecule has 0 saturated carbocycles. The van der Waals surface area contributed by atoms with Gasteiger partial charge in [-0.1, -0.05) is 0 Å². The lowest BCUT2D eigenvalue weighted by molar-refractivity contribution is 0.173. The minimum atomic E-state index is -0.516. The van der Waals surface area contributed by atoms with E-state index in [1.54, 1.807) is 6.92 Å². The van der Waals surface area contributed by atoms with E-state index >= 15 is 0 Å². The van der Waals surface area contributed by atoms with Gasteiger partial charge in [0.05, 0.1) is 13.3 Å². The first kappa shape index (κ1) is 7.59. The molecule has 0 amide bonds. The lowest BCUT2D eigenvalue weighted by Crippen LogP contribution is -2.15. The minimum absolute atomic E-state index is 0.286. The molecule has 1 rings (SSSR count). The summed E-state index contributed by atoms with van der Waals surface area (Å²) in [4.78, 5) is 14.8. The van der Waals surface area contributed by atoms with Crippen LogP contribution in [0.15, 0.2) is 6.20 Å². The molecule has 0 atom stereocenters. The van der Waals surface area contributed by atoms with E-state index in [1.807, 2.05) is 0 Å². The molecule has 5 heteroatoms. The monoisotopic (exact) mass is 155 g/mol. The van der Waals surface area contributed by atoms with Crippen molar-refractivity contribution >= 4 is 11.9 Å². The van der Waals surface area contributed by atoms with Crippen molar-refractivity contribution < 1.29 is 9.53 Å². The summed E-state index contributed by atoms with van der Waals surface area (Å²) < 4.78 is 5.65. The Morgan fingerprint density at radius 1 is 1.82 bits per heavy atom. The average molecular weight is 155 g/mol. The van der Waals surface area contributed by atoms with Gasteiger partial charge in [-0.05, 0) is 6.92 Å². The highest BCUT2D eigenvalue weighted by Gasteiger charge is 2.10. The maximum Gasteiger partial charge on any atom is 0.420 e. The first-order chi connectivity index (χ1) is 5.16. The Labute approximate surface area is 63.8 Å². The standard InChI is InChI=1S/C6H9N3O2/c1-4-8-3-5(7)9(4)6(10)11-2/h3H,7H2,1-2H3. The lowest BCUT2D eigenvalue weighted by atomic mass is 10.7. The summed E-state index contributed by atoms with van der Waals surface area (Å²) in [6, 6.07) is 0. The third kappa shape index (κ3) is 1.17. The number of hydrogen-bond donors (Lipinski definition) is 1. The van der Waals surface area contributed by atoms with Crippen molar-refractivity contribution in [3.8, 4) is 0 Å². The molecule has 0 spiro atoms. The molecule has 11 heavy (non-hydrogen) atoms. The van der Waals surface area contributed by atoms with Crippen molar-refractivity contribution in [3.05, 3.63) is 12.0 Å². The number of nitrogens with zero attached hydrogens (tertiary/aromatic N) is 2. The van der Waals surface area contributed by atoms with Crippen molar-refractivity contribution in [2.45, 2.75) is 6.92 Å². The van der Waals surface area contributed by atoms with Gasteiger partial charge < -0.3 is 10.5 Å². The van der Waals surface area contributed by atoms with Gasteiger partial charge in [0, 0.05) is 0 Å². The van der Waals surface area contributed by atoms with E-state index in [2.05, 4.69) is 9.72 Å². The van der Waals surface area contributed by atoms with Crippen LogP contribution in [0.25, 0.3) is 0 Å². The molecule has 0 aliphatic rings. The molecular formula is C6H9N3O2. The molecule has 0 radical (unpaired) electrons. The van der Waals surface area contributed by atoms with Gasteiger partial charge in [-0.2, -0.15) is 0 Å². The van der Waals surface area contributed by atoms with Gasteiger partial charge in [0.1, 0.15) is 11.6 Å². The highest BCUT2D eigenvalue weighted by Crippen LogP contribution is 2.05. The van der Waals surface area contributed by atoms with Crippen molar-refractivity contribution in [2.75, 3.05) is 12.8 Å². The third-order valence-corrected chi connectivity index (χ3v) is 1.32. The number of anilines is 1. The Hall–Kier alpha value is -1.52. The normalized spacial score (nSPS) is 9.64. The van der Waals surface area contributed by atoms with E-state index in [0.717, 1.165) is 0 Å². The molecule has 0 aromatic carbocycles. The smallest absolute Gasteiger partial charge is 0.420 e. The molecule has 0 bridgehead atoms. The largest absolute Gasteiger partial charge is 0.452 e. The topological polar surface area (TPSA) is 70.1 Å². The van der Waals surface area contributed by atoms with Crippen molar-refractivity contribution in [2.24, 2.45) is 0 Å². The fourth-order valence-electron chi connectivity index (χ4n) is 0.791. The maximum absolute atomic E-state index is 10.9. The van der Waals surface area contributed by atoms with Crippen LogP contribution in [0.4, 0.5) is 10.6 Å². The second-order valence-electron chi connectivity index (χ2n) is 2.04. The van der Waals surface area contributed by atoms with E-state index in [9.17, 15) is 4.79 Å². The summed E-state index contributed by atoms with van der Waals surface area (Å²) >= 11 is 0. The number of ether oxygens (including phenoxy) is 1. The van der Waals surface area contributed by atoms with Crippen LogP contribution in [-0.2, 0) is 4.74 Å². The van der Waals surface area contributed by atoms with E-state index < -0.39 is 6.09 Å². The molecular weight excluding hydrogens is 146 g/mol. The Morgan fingerprint density at radius 2 is 2.45 bits per heavy atom. The van der Waals surface area contributed by atoms with Crippen molar-refractivity contribution in [1.29, 1.82) is 0 Å². The van der Waals surface area contributed by atoms with Crippen LogP contribution in [-0.4, -0.2) is 22.8 Å². The predicted molar refractivity (Wildman–Crippen MR) is 39.2 cm³/mol. The number of nitrogens with two attached hydrogens (primary N) is 1. The van der Waals surface area contributed by atoms with Gasteiger partial charge in [-0.15, -0.1) is 0 Å². The van der Waals surface area contributed by atoms with Crippen LogP contribution in [0.5, 0.6) is 0 Å². The van der Waals surface area contributed by atoms with E-state index in [0.29, 0.717) is 5.82 Å². The molecule has 0 fully saturated rings. The van der Waals surface area contributed by atoms with Crippen LogP contribution in [0, 0.1) is 6.92 Å². The summed E-state index contributed by atoms with van der Waals surface area (Å²) in [7, 11) is 1.29. The van der Waals surface area contributed by atoms with Gasteiger partial charge in [-0.3, -0.25) is 0 Å². The first-order valence-corrected chi connectivity index (χ1v) is 3.05. The fraction of sp³-hybridized carbons (Fsp3) is 0.333. The molecule has 1 aromatic heterocycles. The summed E-state index contributed by atoms with van der Waals surface area (Å²) in [6.45, 7) is 1.67. The van der Waals surface area contributed by atoms with Crippen LogP contribution < -0.4 is 5.73 Å². The Kier molecular flexibility index (Phi) is 1.80. The number of nitrogen functional groups attached to an aromatic ring is 1. The number of carbonyl (C=O) groups is 1. The molecule has 60 valence electrons. The lowest BCUT2D eigenvalue weighted by Gasteiger charge is -2.02. The van der Waals surface area contributed by atoms with Crippen molar-refractivity contribution in [3.63, 3.8) is 0 Å². The predicted octanol–water partition coefficient (Wildman–Crippen LogP) is 0.388. The number of methoxy groups -OCH3 is 1. The number of carbonyl (C=O) groups excluding carboxylic acids is 1. The molecule has 1 aromatic rings. The quantitative estimate of drug-likeness (QED) is 0.588. The van der Waals surface area contributed by atoms with E-state index in [1.165, 1.54) is 17.9 Å². The Bertz CT molecular complexity index is 260. The third-order valence-electron chi connectivity index (χ3n) is 1.32. The zero-order valence-electron chi connectivity index (χ0n) is 6.37. The second-order valence-corrected chi connectivity index (χ2v) is 2.04. The van der Waals surface area contributed by atoms with Gasteiger partial charge in [0.15, 0.2) is 0 Å². The number of aromatic nitrogens is 2. The highest BCUT2D eigenvalue weighted by atomic mass is 16.5. The van der Waals surface area contributed by atoms with Gasteiger partial charge in [0.2, 0.25) is 0 Å². The molecule has 0 aliphatic heterocycles. The van der Waals surface area contributed by atoms with E-state index in [-0.39, 0.29) is 5.82 Å². The zero-order valence-corrected chi connectivity index (χ0v) is 6.37. The number of aryl methyl sites for hydroxylation is 1. The molecule has 0 aliphatic carbocycles. The molecule has 0 saturated heterocycles. The first-order valence-electron chi connectivity index (χ1n) is 3.05. The van der Waals surface area contributed by atoms with Crippen LogP contribution in [0.3, 0.4) is 0 Å². The zero-order chi connectivity index (χ0) is 8.43. The number of hydrogen-bond acceptors (Lipinski definition) is 4. The van der Waals surface area contributed by atoms with Gasteiger partial charge in [0.25, 0.3) is 0 Å². The highest BCUT2D eigenvalue weighted by molar-refractivity contribution is 5.74. The SMILES string of the molecule is COC(=O)n1c(N)cnc1C. The van der Waals surface area contributed by atoms with Crippen LogP contribution in [0.2, 0.25) is 0 Å². The van der Waals surface area contributed by atoms with Gasteiger partial charge in [-0.25, -0.2) is 14.3 Å². The maximum atomic E-state index is 10.9. The number of rotatable bonds is 0. The van der Waals surface area contributed by atoms with Crippen LogP contribution in [0.1, 0.15) is 5.82 Å².